The van der Waals surface area contributed by atoms with Crippen LogP contribution in [0, 0.1) is 13.8 Å². The van der Waals surface area contributed by atoms with Crippen molar-refractivity contribution in [2.24, 2.45) is 10.7 Å². The summed E-state index contributed by atoms with van der Waals surface area (Å²) in [4.78, 5) is 15.4. The van der Waals surface area contributed by atoms with Gasteiger partial charge in [-0.1, -0.05) is 6.07 Å². The van der Waals surface area contributed by atoms with Crippen molar-refractivity contribution in [1.82, 2.24) is 5.32 Å². The Morgan fingerprint density at radius 2 is 1.90 bits per heavy atom. The van der Waals surface area contributed by atoms with Gasteiger partial charge in [0, 0.05) is 19.3 Å². The quantitative estimate of drug-likeness (QED) is 0.289. The van der Waals surface area contributed by atoms with E-state index in [1.54, 1.807) is 7.11 Å². The van der Waals surface area contributed by atoms with E-state index in [0.717, 1.165) is 16.8 Å². The van der Waals surface area contributed by atoms with Crippen molar-refractivity contribution in [3.8, 4) is 0 Å². The van der Waals surface area contributed by atoms with Crippen LogP contribution in [-0.2, 0) is 9.53 Å². The van der Waals surface area contributed by atoms with Gasteiger partial charge in [0.25, 0.3) is 0 Å². The van der Waals surface area contributed by atoms with E-state index in [1.807, 2.05) is 26.0 Å². The number of rotatable bonds is 6. The molecular formula is C14H23IN4O2. The number of halogens is 1. The van der Waals surface area contributed by atoms with Crippen molar-refractivity contribution < 1.29 is 9.53 Å². The zero-order chi connectivity index (χ0) is 15.0. The van der Waals surface area contributed by atoms with Gasteiger partial charge in [0.1, 0.15) is 6.54 Å². The number of ether oxygens (including phenoxy) is 1. The Balaban J connectivity index is 0.00000400. The molecule has 0 saturated carbocycles. The smallest absolute Gasteiger partial charge is 0.241 e. The highest BCUT2D eigenvalue weighted by molar-refractivity contribution is 14.0. The number of aryl methyl sites for hydroxylation is 2. The van der Waals surface area contributed by atoms with E-state index in [1.165, 1.54) is 0 Å². The maximum absolute atomic E-state index is 11.4. The first kappa shape index (κ1) is 19.7. The van der Waals surface area contributed by atoms with Gasteiger partial charge < -0.3 is 21.1 Å². The van der Waals surface area contributed by atoms with E-state index in [0.29, 0.717) is 13.2 Å². The van der Waals surface area contributed by atoms with Gasteiger partial charge in [-0.15, -0.1) is 24.0 Å². The molecule has 0 aliphatic heterocycles. The second-order valence-electron chi connectivity index (χ2n) is 4.55. The van der Waals surface area contributed by atoms with Gasteiger partial charge in [0.2, 0.25) is 5.91 Å². The molecule has 1 aromatic carbocycles. The van der Waals surface area contributed by atoms with Crippen LogP contribution in [0.3, 0.4) is 0 Å². The van der Waals surface area contributed by atoms with Crippen molar-refractivity contribution in [1.29, 1.82) is 0 Å². The average molecular weight is 406 g/mol. The van der Waals surface area contributed by atoms with E-state index in [9.17, 15) is 4.79 Å². The predicted molar refractivity (Wildman–Crippen MR) is 96.3 cm³/mol. The Hall–Kier alpha value is -1.35. The summed E-state index contributed by atoms with van der Waals surface area (Å²) in [7, 11) is 1.58. The molecule has 1 amide bonds. The second-order valence-corrected chi connectivity index (χ2v) is 4.55. The Morgan fingerprint density at radius 3 is 2.48 bits per heavy atom. The number of carbonyl (C=O) groups is 1. The Bertz CT molecular complexity index is 472. The molecule has 0 fully saturated rings. The monoisotopic (exact) mass is 406 g/mol. The van der Waals surface area contributed by atoms with Gasteiger partial charge >= 0.3 is 0 Å². The molecular weight excluding hydrogens is 383 g/mol. The molecule has 0 saturated heterocycles. The molecule has 6 nitrogen and oxygen atoms in total. The number of benzene rings is 1. The maximum atomic E-state index is 11.4. The van der Waals surface area contributed by atoms with Crippen molar-refractivity contribution in [3.63, 3.8) is 0 Å². The lowest BCUT2D eigenvalue weighted by atomic mass is 10.1. The van der Waals surface area contributed by atoms with Gasteiger partial charge in [0.15, 0.2) is 5.96 Å². The average Bonchev–Trinajstić information content (AvgIpc) is 2.35. The summed E-state index contributed by atoms with van der Waals surface area (Å²) in [5.74, 6) is 0.0316. The third-order valence-electron chi connectivity index (χ3n) is 2.52. The molecule has 1 rings (SSSR count). The lowest BCUT2D eigenvalue weighted by Gasteiger charge is -2.08. The zero-order valence-corrected chi connectivity index (χ0v) is 14.9. The van der Waals surface area contributed by atoms with Crippen molar-refractivity contribution in [2.75, 3.05) is 32.1 Å². The van der Waals surface area contributed by atoms with Crippen molar-refractivity contribution >= 4 is 41.5 Å². The molecule has 0 heterocycles. The number of carbonyl (C=O) groups excluding carboxylic acids is 1. The van der Waals surface area contributed by atoms with Crippen LogP contribution in [0.25, 0.3) is 0 Å². The zero-order valence-electron chi connectivity index (χ0n) is 12.6. The number of methoxy groups -OCH3 is 1. The number of anilines is 1. The normalized spacial score (nSPS) is 10.7. The number of guanidine groups is 1. The van der Waals surface area contributed by atoms with Gasteiger partial charge in [-0.05, 0) is 37.1 Å². The summed E-state index contributed by atoms with van der Waals surface area (Å²) in [6, 6.07) is 6.00. The van der Waals surface area contributed by atoms with Crippen LogP contribution in [0.2, 0.25) is 0 Å². The third kappa shape index (κ3) is 8.51. The Kier molecular flexibility index (Phi) is 9.72. The van der Waals surface area contributed by atoms with Gasteiger partial charge in [0.05, 0.1) is 6.61 Å². The molecule has 0 radical (unpaired) electrons. The maximum Gasteiger partial charge on any atom is 0.241 e. The Labute approximate surface area is 142 Å². The van der Waals surface area contributed by atoms with Crippen LogP contribution in [0.5, 0.6) is 0 Å². The minimum Gasteiger partial charge on any atom is -0.383 e. The van der Waals surface area contributed by atoms with Crippen LogP contribution >= 0.6 is 24.0 Å². The number of hydrogen-bond acceptors (Lipinski definition) is 3. The first-order valence-electron chi connectivity index (χ1n) is 6.42. The number of nitrogens with zero attached hydrogens (tertiary/aromatic N) is 1. The molecule has 0 unspecified atom stereocenters. The SMILES string of the molecule is COCCNC(=O)CN=C(N)Nc1cc(C)cc(C)c1.I. The van der Waals surface area contributed by atoms with Gasteiger partial charge in [-0.25, -0.2) is 4.99 Å². The van der Waals surface area contributed by atoms with Crippen LogP contribution in [0.4, 0.5) is 5.69 Å². The molecule has 0 aliphatic carbocycles. The predicted octanol–water partition coefficient (Wildman–Crippen LogP) is 1.41. The lowest BCUT2D eigenvalue weighted by molar-refractivity contribution is -0.119. The summed E-state index contributed by atoms with van der Waals surface area (Å²) in [5, 5.41) is 5.64. The summed E-state index contributed by atoms with van der Waals surface area (Å²) >= 11 is 0. The highest BCUT2D eigenvalue weighted by Gasteiger charge is 2.01. The van der Waals surface area contributed by atoms with Crippen LogP contribution in [0.1, 0.15) is 11.1 Å². The highest BCUT2D eigenvalue weighted by Crippen LogP contribution is 2.13. The lowest BCUT2D eigenvalue weighted by Crippen LogP contribution is -2.31. The first-order valence-corrected chi connectivity index (χ1v) is 6.42. The molecule has 0 spiro atoms. The summed E-state index contributed by atoms with van der Waals surface area (Å²) < 4.78 is 4.83. The molecule has 4 N–H and O–H groups in total. The third-order valence-corrected chi connectivity index (χ3v) is 2.52. The number of nitrogens with two attached hydrogens (primary N) is 1. The number of amides is 1. The minimum absolute atomic E-state index is 0. The Morgan fingerprint density at radius 1 is 1.29 bits per heavy atom. The topological polar surface area (TPSA) is 88.7 Å². The standard InChI is InChI=1S/C14H22N4O2.HI/c1-10-6-11(2)8-12(7-10)18-14(15)17-9-13(19)16-4-5-20-3;/h6-8H,4-5,9H2,1-3H3,(H,16,19)(H3,15,17,18);1H. The van der Waals surface area contributed by atoms with Crippen LogP contribution in [-0.4, -0.2) is 38.7 Å². The van der Waals surface area contributed by atoms with Gasteiger partial charge in [-0.2, -0.15) is 0 Å². The number of nitrogens with one attached hydrogen (secondary N) is 2. The summed E-state index contributed by atoms with van der Waals surface area (Å²) in [5.41, 5.74) is 8.88. The number of aliphatic imine (C=N–C) groups is 1. The second kappa shape index (κ2) is 10.4. The molecule has 0 aromatic heterocycles. The fourth-order valence-corrected chi connectivity index (χ4v) is 1.74. The van der Waals surface area contributed by atoms with E-state index in [4.69, 9.17) is 10.5 Å². The summed E-state index contributed by atoms with van der Waals surface area (Å²) in [6.45, 7) is 4.96. The van der Waals surface area contributed by atoms with E-state index < -0.39 is 0 Å². The van der Waals surface area contributed by atoms with Crippen molar-refractivity contribution in [2.45, 2.75) is 13.8 Å². The fourth-order valence-electron chi connectivity index (χ4n) is 1.74. The fraction of sp³-hybridized carbons (Fsp3) is 0.429. The molecule has 1 aromatic rings. The van der Waals surface area contributed by atoms with Gasteiger partial charge in [-0.3, -0.25) is 4.79 Å². The highest BCUT2D eigenvalue weighted by atomic mass is 127. The largest absolute Gasteiger partial charge is 0.383 e. The minimum atomic E-state index is -0.188. The molecule has 0 aliphatic rings. The molecule has 21 heavy (non-hydrogen) atoms. The van der Waals surface area contributed by atoms with Crippen LogP contribution in [0.15, 0.2) is 23.2 Å². The van der Waals surface area contributed by atoms with E-state index in [2.05, 4.69) is 21.7 Å². The van der Waals surface area contributed by atoms with E-state index in [-0.39, 0.29) is 42.4 Å². The number of hydrogen-bond donors (Lipinski definition) is 3. The molecule has 7 heteroatoms. The molecule has 0 atom stereocenters. The van der Waals surface area contributed by atoms with Crippen LogP contribution < -0.4 is 16.4 Å². The van der Waals surface area contributed by atoms with E-state index >= 15 is 0 Å². The first-order chi connectivity index (χ1) is 9.51. The summed E-state index contributed by atoms with van der Waals surface area (Å²) in [6.07, 6.45) is 0. The molecule has 118 valence electrons. The van der Waals surface area contributed by atoms with Crippen molar-refractivity contribution in [3.05, 3.63) is 29.3 Å². The molecule has 0 bridgehead atoms.